The molecule has 0 aromatic carbocycles. The van der Waals surface area contributed by atoms with Crippen LogP contribution in [0.2, 0.25) is 0 Å². The predicted octanol–water partition coefficient (Wildman–Crippen LogP) is 0.241. The first-order valence-corrected chi connectivity index (χ1v) is 3.06. The summed E-state index contributed by atoms with van der Waals surface area (Å²) in [5, 5.41) is 0. The molecule has 0 atom stereocenters. The van der Waals surface area contributed by atoms with Gasteiger partial charge in [0.05, 0.1) is 0 Å². The molecule has 0 nitrogen and oxygen atoms in total. The Labute approximate surface area is 55.6 Å². The minimum absolute atomic E-state index is 1.04. The van der Waals surface area contributed by atoms with E-state index in [1.54, 1.807) is 0 Å². The Morgan fingerprint density at radius 2 is 1.67 bits per heavy atom. The van der Waals surface area contributed by atoms with Crippen molar-refractivity contribution in [3.8, 4) is 0 Å². The van der Waals surface area contributed by atoms with Crippen LogP contribution in [-0.2, 0) is 34.0 Å². The molecule has 0 heterocycles. The zero-order valence-corrected chi connectivity index (χ0v) is 6.05. The summed E-state index contributed by atoms with van der Waals surface area (Å²) in [7, 11) is 0. The summed E-state index contributed by atoms with van der Waals surface area (Å²) in [5.41, 5.74) is 1.04. The number of hydrogen-bond donors (Lipinski definition) is 0. The SMILES string of the molecule is C=C([CH]=[V])[CH]=[V]. The molecule has 2 heteroatoms. The van der Waals surface area contributed by atoms with Crippen LogP contribution in [0.1, 0.15) is 0 Å². The molecule has 0 saturated carbocycles. The number of rotatable bonds is 2. The fourth-order valence-electron chi connectivity index (χ4n) is 0.0333. The van der Waals surface area contributed by atoms with Crippen LogP contribution in [-0.4, -0.2) is 9.46 Å². The zero-order valence-electron chi connectivity index (χ0n) is 3.26. The summed E-state index contributed by atoms with van der Waals surface area (Å²) in [4.78, 5) is 0. The quantitative estimate of drug-likeness (QED) is 0.534. The second kappa shape index (κ2) is 3.83. The van der Waals surface area contributed by atoms with Crippen LogP contribution < -0.4 is 0 Å². The van der Waals surface area contributed by atoms with Crippen molar-refractivity contribution in [3.05, 3.63) is 12.2 Å². The molecule has 0 aliphatic carbocycles. The Balaban J connectivity index is 3.52. The molecular weight excluding hydrogens is 150 g/mol. The average molecular weight is 154 g/mol. The third kappa shape index (κ3) is 2.86. The van der Waals surface area contributed by atoms with Crippen molar-refractivity contribution in [1.29, 1.82) is 0 Å². The molecule has 0 amide bonds. The van der Waals surface area contributed by atoms with Gasteiger partial charge < -0.3 is 0 Å². The second-order valence-electron chi connectivity index (χ2n) is 0.833. The van der Waals surface area contributed by atoms with E-state index in [2.05, 4.69) is 40.5 Å². The van der Waals surface area contributed by atoms with Crippen molar-refractivity contribution in [2.75, 3.05) is 0 Å². The Morgan fingerprint density at radius 1 is 1.33 bits per heavy atom. The monoisotopic (exact) mass is 154 g/mol. The fourth-order valence-corrected chi connectivity index (χ4v) is 0.567. The minimum atomic E-state index is 1.04. The molecule has 6 heavy (non-hydrogen) atoms. The van der Waals surface area contributed by atoms with E-state index < -0.39 is 0 Å². The molecule has 0 aliphatic heterocycles. The van der Waals surface area contributed by atoms with E-state index in [4.69, 9.17) is 0 Å². The van der Waals surface area contributed by atoms with Crippen LogP contribution in [0.25, 0.3) is 0 Å². The van der Waals surface area contributed by atoms with E-state index in [0.29, 0.717) is 0 Å². The Bertz CT molecular complexity index is 73.5. The molecule has 0 radical (unpaired) electrons. The van der Waals surface area contributed by atoms with Gasteiger partial charge in [-0.2, -0.15) is 0 Å². The van der Waals surface area contributed by atoms with Gasteiger partial charge in [-0.15, -0.1) is 0 Å². The van der Waals surface area contributed by atoms with E-state index in [9.17, 15) is 0 Å². The molecule has 0 aromatic heterocycles. The maximum absolute atomic E-state index is 3.65. The number of allylic oxidation sites excluding steroid dienone is 1. The summed E-state index contributed by atoms with van der Waals surface area (Å²) in [6, 6.07) is 0. The fraction of sp³-hybridized carbons (Fsp3) is 0. The summed E-state index contributed by atoms with van der Waals surface area (Å²) in [5.74, 6) is 0. The molecule has 0 fully saturated rings. The van der Waals surface area contributed by atoms with Gasteiger partial charge in [0.2, 0.25) is 0 Å². The van der Waals surface area contributed by atoms with Crippen LogP contribution in [0.5, 0.6) is 0 Å². The molecule has 0 N–H and O–H groups in total. The molecule has 30 valence electrons. The maximum atomic E-state index is 3.65. The van der Waals surface area contributed by atoms with Gasteiger partial charge in [0.25, 0.3) is 0 Å². The van der Waals surface area contributed by atoms with Gasteiger partial charge >= 0.3 is 55.6 Å². The second-order valence-corrected chi connectivity index (χ2v) is 1.64. The van der Waals surface area contributed by atoms with E-state index in [1.807, 2.05) is 9.46 Å². The predicted molar refractivity (Wildman–Crippen MR) is 21.3 cm³/mol. The molecular formula is C4H4V2. The Hall–Kier alpha value is 0.649. The van der Waals surface area contributed by atoms with Crippen molar-refractivity contribution >= 4 is 9.46 Å². The molecule has 0 aliphatic rings. The van der Waals surface area contributed by atoms with Crippen LogP contribution >= 0.6 is 0 Å². The Morgan fingerprint density at radius 3 is 1.67 bits per heavy atom. The molecule has 0 aromatic rings. The van der Waals surface area contributed by atoms with Gasteiger partial charge in [0.1, 0.15) is 0 Å². The van der Waals surface area contributed by atoms with Gasteiger partial charge in [-0.05, 0) is 0 Å². The van der Waals surface area contributed by atoms with Gasteiger partial charge in [0, 0.05) is 0 Å². The molecule has 0 saturated heterocycles. The third-order valence-corrected chi connectivity index (χ3v) is 1.37. The third-order valence-electron chi connectivity index (χ3n) is 0.332. The van der Waals surface area contributed by atoms with Crippen LogP contribution in [0.15, 0.2) is 12.2 Å². The van der Waals surface area contributed by atoms with Gasteiger partial charge in [-0.25, -0.2) is 0 Å². The summed E-state index contributed by atoms with van der Waals surface area (Å²) in [6.45, 7) is 3.65. The summed E-state index contributed by atoms with van der Waals surface area (Å²) >= 11 is 4.69. The molecule has 0 unspecified atom stereocenters. The van der Waals surface area contributed by atoms with E-state index in [0.717, 1.165) is 5.57 Å². The van der Waals surface area contributed by atoms with Crippen molar-refractivity contribution in [1.82, 2.24) is 0 Å². The van der Waals surface area contributed by atoms with Crippen molar-refractivity contribution in [2.24, 2.45) is 0 Å². The summed E-state index contributed by atoms with van der Waals surface area (Å²) < 4.78 is 3.79. The van der Waals surface area contributed by atoms with Gasteiger partial charge in [-0.3, -0.25) is 0 Å². The van der Waals surface area contributed by atoms with E-state index in [-0.39, 0.29) is 0 Å². The van der Waals surface area contributed by atoms with Gasteiger partial charge in [0.15, 0.2) is 0 Å². The zero-order chi connectivity index (χ0) is 4.99. The molecule has 0 bridgehead atoms. The standard InChI is InChI=1S/C4H4.2V/c1-4(2)3;;/h1-2H,3H2;;. The normalized spacial score (nSPS) is 6.33. The van der Waals surface area contributed by atoms with Crippen LogP contribution in [0.4, 0.5) is 0 Å². The first-order valence-electron chi connectivity index (χ1n) is 1.45. The van der Waals surface area contributed by atoms with Crippen molar-refractivity contribution in [3.63, 3.8) is 0 Å². The van der Waals surface area contributed by atoms with Crippen LogP contribution in [0, 0.1) is 0 Å². The first kappa shape index (κ1) is 6.65. The topological polar surface area (TPSA) is 0 Å². The first-order chi connectivity index (χ1) is 2.81. The van der Waals surface area contributed by atoms with E-state index in [1.165, 1.54) is 0 Å². The molecule has 0 rings (SSSR count). The van der Waals surface area contributed by atoms with Crippen LogP contribution in [0.3, 0.4) is 0 Å². The number of hydrogen-bond acceptors (Lipinski definition) is 0. The average Bonchev–Trinajstić information content (AvgIpc) is 1.65. The van der Waals surface area contributed by atoms with Gasteiger partial charge in [-0.1, -0.05) is 0 Å². The molecule has 0 spiro atoms. The van der Waals surface area contributed by atoms with E-state index >= 15 is 0 Å². The summed E-state index contributed by atoms with van der Waals surface area (Å²) in [6.07, 6.45) is 0. The van der Waals surface area contributed by atoms with Crippen molar-refractivity contribution in [2.45, 2.75) is 0 Å². The Kier molecular flexibility index (Phi) is 4.24. The van der Waals surface area contributed by atoms with Crippen molar-refractivity contribution < 1.29 is 34.0 Å².